The summed E-state index contributed by atoms with van der Waals surface area (Å²) in [6.45, 7) is 2.75. The molecule has 0 aromatic heterocycles. The van der Waals surface area contributed by atoms with Crippen molar-refractivity contribution < 1.29 is 17.9 Å². The molecular weight excluding hydrogens is 352 g/mol. The molecule has 1 aliphatic heterocycles. The molecule has 0 bridgehead atoms. The van der Waals surface area contributed by atoms with E-state index in [1.54, 1.807) is 42.2 Å². The number of carbonyl (C=O) groups is 1. The number of rotatable bonds is 5. The van der Waals surface area contributed by atoms with Gasteiger partial charge < -0.3 is 9.64 Å². The monoisotopic (exact) mass is 374 g/mol. The molecule has 7 heteroatoms. The molecule has 0 atom stereocenters. The Hall–Kier alpha value is -2.54. The van der Waals surface area contributed by atoms with Gasteiger partial charge >= 0.3 is 0 Å². The Kier molecular flexibility index (Phi) is 5.18. The Labute approximate surface area is 153 Å². The van der Waals surface area contributed by atoms with E-state index in [1.165, 1.54) is 7.11 Å². The first-order valence-electron chi connectivity index (χ1n) is 8.37. The minimum atomic E-state index is -3.59. The number of nitrogens with one attached hydrogen (secondary N) is 1. The predicted molar refractivity (Wildman–Crippen MR) is 100 cm³/mol. The molecule has 0 fully saturated rings. The van der Waals surface area contributed by atoms with Crippen LogP contribution in [0.5, 0.6) is 5.75 Å². The van der Waals surface area contributed by atoms with Crippen LogP contribution in [0, 0.1) is 0 Å². The predicted octanol–water partition coefficient (Wildman–Crippen LogP) is 2.54. The summed E-state index contributed by atoms with van der Waals surface area (Å²) in [4.78, 5) is 13.3. The van der Waals surface area contributed by atoms with Crippen LogP contribution in [0.2, 0.25) is 0 Å². The van der Waals surface area contributed by atoms with E-state index in [4.69, 9.17) is 4.74 Å². The number of anilines is 1. The topological polar surface area (TPSA) is 75.7 Å². The first-order valence-corrected chi connectivity index (χ1v) is 10.0. The average Bonchev–Trinajstić information content (AvgIpc) is 2.60. The molecule has 26 heavy (non-hydrogen) atoms. The molecule has 6 nitrogen and oxygen atoms in total. The highest BCUT2D eigenvalue weighted by Gasteiger charge is 2.20. The molecule has 1 N–H and O–H groups in total. The van der Waals surface area contributed by atoms with E-state index in [-0.39, 0.29) is 11.7 Å². The molecule has 2 aromatic rings. The Morgan fingerprint density at radius 1 is 1.19 bits per heavy atom. The van der Waals surface area contributed by atoms with Crippen LogP contribution in [0.15, 0.2) is 42.5 Å². The molecule has 0 spiro atoms. The molecule has 1 amide bonds. The van der Waals surface area contributed by atoms with Crippen molar-refractivity contribution in [1.29, 1.82) is 0 Å². The first-order chi connectivity index (χ1) is 12.4. The van der Waals surface area contributed by atoms with E-state index < -0.39 is 10.0 Å². The van der Waals surface area contributed by atoms with Crippen molar-refractivity contribution in [3.8, 4) is 5.75 Å². The lowest BCUT2D eigenvalue weighted by Crippen LogP contribution is -2.34. The van der Waals surface area contributed by atoms with Crippen LogP contribution in [-0.4, -0.2) is 32.9 Å². The van der Waals surface area contributed by atoms with Gasteiger partial charge in [-0.2, -0.15) is 0 Å². The third-order valence-electron chi connectivity index (χ3n) is 4.48. The van der Waals surface area contributed by atoms with Gasteiger partial charge in [-0.25, -0.2) is 8.42 Å². The number of methoxy groups -OCH3 is 1. The molecule has 2 aromatic carbocycles. The zero-order valence-electron chi connectivity index (χ0n) is 14.9. The Bertz CT molecular complexity index is 925. The quantitative estimate of drug-likeness (QED) is 0.873. The zero-order valence-corrected chi connectivity index (χ0v) is 15.7. The highest BCUT2D eigenvalue weighted by atomic mass is 32.2. The molecule has 1 heterocycles. The molecule has 138 valence electrons. The molecule has 1 aliphatic rings. The molecule has 0 saturated heterocycles. The van der Waals surface area contributed by atoms with Crippen LogP contribution in [-0.2, 0) is 33.5 Å². The van der Waals surface area contributed by atoms with Gasteiger partial charge in [-0.1, -0.05) is 24.3 Å². The molecule has 3 rings (SSSR count). The third-order valence-corrected chi connectivity index (χ3v) is 5.71. The lowest BCUT2D eigenvalue weighted by Gasteiger charge is -2.28. The van der Waals surface area contributed by atoms with Crippen molar-refractivity contribution in [2.45, 2.75) is 25.6 Å². The van der Waals surface area contributed by atoms with E-state index in [1.807, 2.05) is 12.1 Å². The van der Waals surface area contributed by atoms with Crippen molar-refractivity contribution in [2.75, 3.05) is 18.4 Å². The van der Waals surface area contributed by atoms with Crippen molar-refractivity contribution in [3.63, 3.8) is 0 Å². The number of amides is 1. The van der Waals surface area contributed by atoms with Crippen LogP contribution in [0.25, 0.3) is 0 Å². The standard InChI is InChI=1S/C19H22N2O4S/c1-14(22)21-10-9-15-7-8-18(11-17(15)12-21)20-26(23,24)13-16-5-3-4-6-19(16)25-2/h3-8,11,20H,9-10,12-13H2,1-2H3. The van der Waals surface area contributed by atoms with E-state index in [0.717, 1.165) is 17.5 Å². The number of hydrogen-bond acceptors (Lipinski definition) is 4. The van der Waals surface area contributed by atoms with E-state index in [2.05, 4.69) is 4.72 Å². The van der Waals surface area contributed by atoms with Crippen LogP contribution in [0.3, 0.4) is 0 Å². The number of hydrogen-bond donors (Lipinski definition) is 1. The van der Waals surface area contributed by atoms with E-state index >= 15 is 0 Å². The summed E-state index contributed by atoms with van der Waals surface area (Å²) in [6.07, 6.45) is 0.781. The van der Waals surface area contributed by atoms with Crippen LogP contribution in [0.1, 0.15) is 23.6 Å². The summed E-state index contributed by atoms with van der Waals surface area (Å²) in [6, 6.07) is 12.5. The van der Waals surface area contributed by atoms with Crippen LogP contribution >= 0.6 is 0 Å². The third kappa shape index (κ3) is 4.16. The average molecular weight is 374 g/mol. The van der Waals surface area contributed by atoms with E-state index in [9.17, 15) is 13.2 Å². The summed E-state index contributed by atoms with van der Waals surface area (Å²) in [7, 11) is -2.07. The highest BCUT2D eigenvalue weighted by molar-refractivity contribution is 7.91. The number of para-hydroxylation sites is 1. The zero-order chi connectivity index (χ0) is 18.7. The Balaban J connectivity index is 1.78. The van der Waals surface area contributed by atoms with Gasteiger partial charge in [-0.05, 0) is 35.7 Å². The second-order valence-corrected chi connectivity index (χ2v) is 8.07. The maximum atomic E-state index is 12.5. The molecule has 0 radical (unpaired) electrons. The fourth-order valence-electron chi connectivity index (χ4n) is 3.13. The lowest BCUT2D eigenvalue weighted by atomic mass is 9.99. The minimum absolute atomic E-state index is 0.0257. The van der Waals surface area contributed by atoms with Gasteiger partial charge in [-0.3, -0.25) is 9.52 Å². The lowest BCUT2D eigenvalue weighted by molar-refractivity contribution is -0.129. The smallest absolute Gasteiger partial charge is 0.237 e. The Morgan fingerprint density at radius 3 is 2.69 bits per heavy atom. The van der Waals surface area contributed by atoms with Gasteiger partial charge in [-0.15, -0.1) is 0 Å². The highest BCUT2D eigenvalue weighted by Crippen LogP contribution is 2.25. The SMILES string of the molecule is COc1ccccc1CS(=O)(=O)Nc1ccc2c(c1)CN(C(C)=O)CC2. The number of benzene rings is 2. The largest absolute Gasteiger partial charge is 0.496 e. The number of sulfonamides is 1. The Morgan fingerprint density at radius 2 is 1.96 bits per heavy atom. The van der Waals surface area contributed by atoms with Gasteiger partial charge in [0.15, 0.2) is 0 Å². The summed E-state index contributed by atoms with van der Waals surface area (Å²) >= 11 is 0. The first kappa shape index (κ1) is 18.3. The van der Waals surface area contributed by atoms with Crippen molar-refractivity contribution in [2.24, 2.45) is 0 Å². The molecule has 0 unspecified atom stereocenters. The van der Waals surface area contributed by atoms with E-state index in [0.29, 0.717) is 30.1 Å². The summed E-state index contributed by atoms with van der Waals surface area (Å²) in [5.41, 5.74) is 3.23. The molecule has 0 aliphatic carbocycles. The minimum Gasteiger partial charge on any atom is -0.496 e. The van der Waals surface area contributed by atoms with Crippen LogP contribution < -0.4 is 9.46 Å². The number of carbonyl (C=O) groups excluding carboxylic acids is 1. The van der Waals surface area contributed by atoms with Crippen molar-refractivity contribution in [1.82, 2.24) is 4.90 Å². The van der Waals surface area contributed by atoms with Gasteiger partial charge in [0.1, 0.15) is 5.75 Å². The van der Waals surface area contributed by atoms with Crippen molar-refractivity contribution >= 4 is 21.6 Å². The van der Waals surface area contributed by atoms with Gasteiger partial charge in [0.25, 0.3) is 0 Å². The fourth-order valence-corrected chi connectivity index (χ4v) is 4.34. The maximum absolute atomic E-state index is 12.5. The van der Waals surface area contributed by atoms with Gasteiger partial charge in [0.05, 0.1) is 12.9 Å². The van der Waals surface area contributed by atoms with Crippen molar-refractivity contribution in [3.05, 3.63) is 59.2 Å². The normalized spacial score (nSPS) is 13.8. The maximum Gasteiger partial charge on any atom is 0.237 e. The summed E-state index contributed by atoms with van der Waals surface area (Å²) < 4.78 is 32.9. The molecule has 0 saturated carbocycles. The summed E-state index contributed by atoms with van der Waals surface area (Å²) in [5, 5.41) is 0. The number of nitrogens with zero attached hydrogens (tertiary/aromatic N) is 1. The second kappa shape index (κ2) is 7.37. The fraction of sp³-hybridized carbons (Fsp3) is 0.316. The van der Waals surface area contributed by atoms with Gasteiger partial charge in [0, 0.05) is 31.3 Å². The second-order valence-electron chi connectivity index (χ2n) is 6.35. The number of fused-ring (bicyclic) bond motifs is 1. The van der Waals surface area contributed by atoms with Gasteiger partial charge in [0.2, 0.25) is 15.9 Å². The van der Waals surface area contributed by atoms with Crippen LogP contribution in [0.4, 0.5) is 5.69 Å². The summed E-state index contributed by atoms with van der Waals surface area (Å²) in [5.74, 6) is 0.395. The molecular formula is C19H22N2O4S. The number of ether oxygens (including phenoxy) is 1.